The number of aliphatic hydroxyl groups is 2. The topological polar surface area (TPSA) is 182 Å². The number of piperidine rings is 1. The van der Waals surface area contributed by atoms with Crippen molar-refractivity contribution in [3.63, 3.8) is 0 Å². The van der Waals surface area contributed by atoms with E-state index in [4.69, 9.17) is 18.3 Å². The number of ketones is 2. The van der Waals surface area contributed by atoms with E-state index in [9.17, 15) is 29.4 Å². The summed E-state index contributed by atoms with van der Waals surface area (Å²) in [4.78, 5) is 73.1. The normalized spacial score (nSPS) is 34.6. The summed E-state index contributed by atoms with van der Waals surface area (Å²) < 4.78 is 59.7. The highest BCUT2D eigenvalue weighted by atomic mass is 19.1. The molecule has 2 N–H and O–H groups in total. The number of pyridine rings is 1. The molecule has 2 aromatic heterocycles. The van der Waals surface area contributed by atoms with Gasteiger partial charge in [0.15, 0.2) is 34.4 Å². The molecule has 6 fully saturated rings. The lowest BCUT2D eigenvalue weighted by Crippen LogP contribution is -2.70. The predicted octanol–water partition coefficient (Wildman–Crippen LogP) is 6.91. The van der Waals surface area contributed by atoms with Gasteiger partial charge in [0.1, 0.15) is 22.6 Å². The Labute approximate surface area is 393 Å². The summed E-state index contributed by atoms with van der Waals surface area (Å²) in [6.07, 6.45) is 6.72. The van der Waals surface area contributed by atoms with Crippen LogP contribution in [0.4, 0.5) is 14.5 Å². The van der Waals surface area contributed by atoms with Gasteiger partial charge in [0.2, 0.25) is 11.2 Å². The minimum absolute atomic E-state index is 0.00148. The van der Waals surface area contributed by atoms with Crippen LogP contribution in [0.15, 0.2) is 42.2 Å². The minimum Gasteiger partial charge on any atom is -0.492 e. The SMILES string of the molecule is COc1c(N2CC3CCCN(Cc4oc(=O)oc4C)C3C2)c(F)c(C)c2c(=O)c(C(=O)OC(C)(C)C(=O)[C@@]3(O)[C@H](C)C[C@H]4[C@@H]5CCC6=CC(=O)C=C[C@]6(C)[C@@]5(F)[C@@H](O)C[C@@]43C)c(C)n(C3CC3)c12. The number of esters is 1. The number of aliphatic hydroxyl groups excluding tert-OH is 1. The second-order valence-corrected chi connectivity index (χ2v) is 22.1. The van der Waals surface area contributed by atoms with Crippen LogP contribution in [0.2, 0.25) is 0 Å². The highest BCUT2D eigenvalue weighted by Gasteiger charge is 2.76. The molecule has 0 bridgehead atoms. The van der Waals surface area contributed by atoms with Gasteiger partial charge in [-0.15, -0.1) is 0 Å². The second kappa shape index (κ2) is 15.5. The van der Waals surface area contributed by atoms with Crippen molar-refractivity contribution in [1.82, 2.24) is 9.47 Å². The number of allylic oxidation sites excluding steroid dienone is 4. The van der Waals surface area contributed by atoms with E-state index in [1.54, 1.807) is 40.7 Å². The van der Waals surface area contributed by atoms with Gasteiger partial charge in [-0.25, -0.2) is 18.4 Å². The molecule has 0 spiro atoms. The van der Waals surface area contributed by atoms with Gasteiger partial charge >= 0.3 is 11.8 Å². The first kappa shape index (κ1) is 46.8. The molecule has 5 aliphatic carbocycles. The van der Waals surface area contributed by atoms with Gasteiger partial charge in [0.05, 0.1) is 30.7 Å². The van der Waals surface area contributed by atoms with Gasteiger partial charge in [0.25, 0.3) is 0 Å². The third-order valence-corrected chi connectivity index (χ3v) is 18.2. The standard InChI is InChI=1S/C52H63F2N3O11/c1-25-19-34-33-15-12-30-20-32(58)16-17-49(30,7)51(33,54)37(59)21-50(34,8)52(25,64)46(62)48(5,6)68-45(61)39-27(3)57(31-13-14-31)41-38(43(39)60)26(2)40(53)42(44(41)65-9)56-22-29-11-10-18-55(35(29)23-56)24-36-28(4)66-47(63)67-36/h16-17,20,25,29,31,33-35,37,59,64H,10-15,18-19,21-24H2,1-9H3/t25-,29?,33+,34+,35?,37+,49+,50+,51+,52+/m1/s1. The molecule has 10 rings (SSSR count). The maximum Gasteiger partial charge on any atom is 0.519 e. The van der Waals surface area contributed by atoms with Crippen molar-refractivity contribution < 1.29 is 51.7 Å². The lowest BCUT2D eigenvalue weighted by Gasteiger charge is -2.62. The average molecular weight is 944 g/mol. The van der Waals surface area contributed by atoms with Crippen LogP contribution in [0, 0.1) is 61.1 Å². The first-order valence-corrected chi connectivity index (χ1v) is 24.3. The van der Waals surface area contributed by atoms with Crippen LogP contribution in [-0.4, -0.2) is 93.0 Å². The summed E-state index contributed by atoms with van der Waals surface area (Å²) >= 11 is 0. The number of methoxy groups -OCH3 is 1. The Bertz CT molecular complexity index is 2870. The number of ether oxygens (including phenoxy) is 2. The Kier molecular flexibility index (Phi) is 10.7. The third-order valence-electron chi connectivity index (χ3n) is 18.2. The fraction of sp³-hybridized carbons (Fsp3) is 0.635. The van der Waals surface area contributed by atoms with Crippen LogP contribution in [0.25, 0.3) is 10.9 Å². The van der Waals surface area contributed by atoms with Gasteiger partial charge < -0.3 is 38.0 Å². The molecule has 3 aromatic rings. The molecule has 1 aromatic carbocycles. The maximum absolute atomic E-state index is 17.9. The first-order chi connectivity index (χ1) is 31.9. The molecule has 4 saturated carbocycles. The Morgan fingerprint density at radius 3 is 2.41 bits per heavy atom. The van der Waals surface area contributed by atoms with E-state index in [1.807, 2.05) is 9.47 Å². The highest BCUT2D eigenvalue weighted by Crippen LogP contribution is 2.71. The Morgan fingerprint density at radius 1 is 1.03 bits per heavy atom. The molecule has 2 unspecified atom stereocenters. The number of anilines is 1. The third kappa shape index (κ3) is 6.30. The fourth-order valence-corrected chi connectivity index (χ4v) is 14.6. The van der Waals surface area contributed by atoms with Crippen LogP contribution in [0.1, 0.15) is 125 Å². The number of fused-ring (bicyclic) bond motifs is 7. The number of nitrogens with zero attached hydrogens (tertiary/aromatic N) is 3. The van der Waals surface area contributed by atoms with Crippen molar-refractivity contribution in [3.8, 4) is 5.75 Å². The molecule has 2 saturated heterocycles. The number of Topliss-reactive ketones (excluding diaryl/α,β-unsaturated/α-hetero) is 1. The summed E-state index contributed by atoms with van der Waals surface area (Å²) in [7, 11) is 1.44. The van der Waals surface area contributed by atoms with E-state index in [2.05, 4.69) is 4.90 Å². The number of rotatable bonds is 9. The zero-order valence-corrected chi connectivity index (χ0v) is 40.4. The molecule has 366 valence electrons. The van der Waals surface area contributed by atoms with Crippen molar-refractivity contribution in [2.24, 2.45) is 34.5 Å². The number of aryl methyl sites for hydroxylation is 2. The van der Waals surface area contributed by atoms with E-state index in [-0.39, 0.29) is 70.3 Å². The van der Waals surface area contributed by atoms with E-state index in [0.29, 0.717) is 55.1 Å². The van der Waals surface area contributed by atoms with Crippen molar-refractivity contribution >= 4 is 34.1 Å². The predicted molar refractivity (Wildman–Crippen MR) is 246 cm³/mol. The van der Waals surface area contributed by atoms with Crippen molar-refractivity contribution in [3.05, 3.63) is 78.8 Å². The van der Waals surface area contributed by atoms with Gasteiger partial charge in [-0.2, -0.15) is 0 Å². The second-order valence-electron chi connectivity index (χ2n) is 22.1. The van der Waals surface area contributed by atoms with Gasteiger partial charge in [0, 0.05) is 53.2 Å². The monoisotopic (exact) mass is 943 g/mol. The average Bonchev–Trinajstić information content (AvgIpc) is 3.87. The van der Waals surface area contributed by atoms with Crippen LogP contribution < -0.4 is 20.9 Å². The lowest BCUT2D eigenvalue weighted by atomic mass is 9.44. The fourth-order valence-electron chi connectivity index (χ4n) is 14.6. The number of aromatic nitrogens is 1. The van der Waals surface area contributed by atoms with E-state index >= 15 is 13.6 Å². The van der Waals surface area contributed by atoms with Crippen LogP contribution in [-0.2, 0) is 20.9 Å². The summed E-state index contributed by atoms with van der Waals surface area (Å²) in [5.41, 5.74) is -8.66. The molecular weight excluding hydrogens is 881 g/mol. The van der Waals surface area contributed by atoms with E-state index in [0.717, 1.165) is 32.2 Å². The van der Waals surface area contributed by atoms with Gasteiger partial charge in [-0.1, -0.05) is 25.5 Å². The number of halogens is 2. The van der Waals surface area contributed by atoms with Crippen LogP contribution >= 0.6 is 0 Å². The number of hydrogen-bond acceptors (Lipinski definition) is 13. The molecule has 7 aliphatic rings. The maximum atomic E-state index is 17.9. The first-order valence-electron chi connectivity index (χ1n) is 24.3. The number of alkyl halides is 1. The van der Waals surface area contributed by atoms with Crippen LogP contribution in [0.5, 0.6) is 5.75 Å². The number of likely N-dealkylation sites (tertiary alicyclic amines) is 1. The Morgan fingerprint density at radius 2 is 1.75 bits per heavy atom. The molecule has 14 nitrogen and oxygen atoms in total. The smallest absolute Gasteiger partial charge is 0.492 e. The zero-order valence-electron chi connectivity index (χ0n) is 40.4. The minimum atomic E-state index is -2.19. The van der Waals surface area contributed by atoms with Crippen molar-refractivity contribution in [1.29, 1.82) is 0 Å². The number of hydrogen-bond donors (Lipinski definition) is 2. The molecule has 10 atom stereocenters. The van der Waals surface area contributed by atoms with E-state index in [1.165, 1.54) is 40.0 Å². The number of carbonyl (C=O) groups is 3. The summed E-state index contributed by atoms with van der Waals surface area (Å²) in [6, 6.07) is -0.146. The van der Waals surface area contributed by atoms with Crippen LogP contribution in [0.3, 0.4) is 0 Å². The Balaban J connectivity index is 0.977. The van der Waals surface area contributed by atoms with Crippen molar-refractivity contribution in [2.75, 3.05) is 31.6 Å². The highest BCUT2D eigenvalue weighted by molar-refractivity contribution is 6.03. The van der Waals surface area contributed by atoms with Gasteiger partial charge in [-0.3, -0.25) is 19.3 Å². The van der Waals surface area contributed by atoms with E-state index < -0.39 is 80.4 Å². The van der Waals surface area contributed by atoms with Gasteiger partial charge in [-0.05, 0) is 129 Å². The molecule has 16 heteroatoms. The largest absolute Gasteiger partial charge is 0.519 e. The molecule has 0 amide bonds. The summed E-state index contributed by atoms with van der Waals surface area (Å²) in [5.74, 6) is -4.43. The summed E-state index contributed by atoms with van der Waals surface area (Å²) in [5, 5.41) is 24.8. The number of carbonyl (C=O) groups excluding carboxylic acids is 3. The zero-order chi connectivity index (χ0) is 48.9. The quantitative estimate of drug-likeness (QED) is 0.212. The lowest BCUT2D eigenvalue weighted by molar-refractivity contribution is -0.223. The summed E-state index contributed by atoms with van der Waals surface area (Å²) in [6.45, 7) is 14.8. The Hall–Kier alpha value is -4.93. The number of benzene rings is 1. The molecule has 2 aliphatic heterocycles. The molecular formula is C52H63F2N3O11. The molecule has 4 heterocycles. The molecule has 68 heavy (non-hydrogen) atoms. The molecule has 0 radical (unpaired) electrons. The van der Waals surface area contributed by atoms with Crippen molar-refractivity contribution in [2.45, 2.75) is 148 Å².